The van der Waals surface area contributed by atoms with Gasteiger partial charge in [0.1, 0.15) is 0 Å². The first-order valence-electron chi connectivity index (χ1n) is 8.82. The topological polar surface area (TPSA) is 20.2 Å². The molecular weight excluding hydrogens is 351 g/mol. The van der Waals surface area contributed by atoms with Gasteiger partial charge in [-0.05, 0) is 0 Å². The molecule has 0 bridgehead atoms. The second kappa shape index (κ2) is 6.09. The molecule has 2 fully saturated rings. The molecule has 1 N–H and O–H groups in total. The molecule has 1 aromatic carbocycles. The maximum absolute atomic E-state index is 11.6. The third-order valence-electron chi connectivity index (χ3n) is 6.07. The second-order valence-corrected chi connectivity index (χ2v) is 17.0. The van der Waals surface area contributed by atoms with Gasteiger partial charge in [0.25, 0.3) is 0 Å². The van der Waals surface area contributed by atoms with Crippen LogP contribution in [0.25, 0.3) is 0 Å². The predicted octanol–water partition coefficient (Wildman–Crippen LogP) is 4.37. The molecule has 1 unspecified atom stereocenters. The molecule has 2 aliphatic carbocycles. The van der Waals surface area contributed by atoms with Crippen molar-refractivity contribution in [2.45, 2.75) is 80.0 Å². The van der Waals surface area contributed by atoms with E-state index < -0.39 is 8.07 Å². The summed E-state index contributed by atoms with van der Waals surface area (Å²) in [5.74, 6) is 0. The van der Waals surface area contributed by atoms with E-state index in [1.807, 2.05) is 0 Å². The summed E-state index contributed by atoms with van der Waals surface area (Å²) in [6.07, 6.45) is 8.96. The van der Waals surface area contributed by atoms with Crippen molar-refractivity contribution >= 4 is 27.5 Å². The molecular formula is C19H30OSeSi. The number of rotatable bonds is 5. The summed E-state index contributed by atoms with van der Waals surface area (Å²) in [4.78, 5) is 0. The van der Waals surface area contributed by atoms with Gasteiger partial charge < -0.3 is 0 Å². The van der Waals surface area contributed by atoms with Crippen LogP contribution in [0.1, 0.15) is 44.9 Å². The SMILES string of the molecule is C[Si](C)(C)C1(C(O)C2([Se]c3ccccc3)CCCCC2)CC1. The fourth-order valence-corrected chi connectivity index (χ4v) is 10.7. The van der Waals surface area contributed by atoms with Crippen molar-refractivity contribution in [1.82, 2.24) is 0 Å². The van der Waals surface area contributed by atoms with Crippen LogP contribution in [0.3, 0.4) is 0 Å². The summed E-state index contributed by atoms with van der Waals surface area (Å²) in [7, 11) is -1.33. The molecule has 3 heteroatoms. The van der Waals surface area contributed by atoms with Gasteiger partial charge in [-0.25, -0.2) is 0 Å². The van der Waals surface area contributed by atoms with Gasteiger partial charge in [-0.3, -0.25) is 0 Å². The average Bonchev–Trinajstić information content (AvgIpc) is 3.30. The van der Waals surface area contributed by atoms with E-state index >= 15 is 0 Å². The van der Waals surface area contributed by atoms with Gasteiger partial charge in [-0.2, -0.15) is 0 Å². The summed E-state index contributed by atoms with van der Waals surface area (Å²) in [6, 6.07) is 11.0. The Labute approximate surface area is 143 Å². The summed E-state index contributed by atoms with van der Waals surface area (Å²) in [6.45, 7) is 7.40. The molecule has 1 atom stereocenters. The van der Waals surface area contributed by atoms with Crippen LogP contribution < -0.4 is 4.46 Å². The second-order valence-electron chi connectivity index (χ2n) is 8.35. The molecule has 1 aromatic rings. The van der Waals surface area contributed by atoms with Crippen molar-refractivity contribution in [3.05, 3.63) is 30.3 Å². The molecule has 2 saturated carbocycles. The van der Waals surface area contributed by atoms with Crippen LogP contribution >= 0.6 is 0 Å². The third-order valence-corrected chi connectivity index (χ3v) is 13.1. The summed E-state index contributed by atoms with van der Waals surface area (Å²) < 4.78 is 1.67. The van der Waals surface area contributed by atoms with E-state index in [0.29, 0.717) is 20.0 Å². The number of aliphatic hydroxyl groups excluding tert-OH is 1. The standard InChI is InChI=1S/C19H30OSeSi/c1-22(2,3)19(14-15-19)17(20)18(12-8-5-9-13-18)21-16-10-6-4-7-11-16/h4,6-7,10-11,17,20H,5,8-9,12-15H2,1-3H3. The van der Waals surface area contributed by atoms with E-state index in [9.17, 15) is 5.11 Å². The van der Waals surface area contributed by atoms with Crippen LogP contribution in [0.4, 0.5) is 0 Å². The summed E-state index contributed by atoms with van der Waals surface area (Å²) in [5, 5.41) is 11.9. The first-order chi connectivity index (χ1) is 10.4. The van der Waals surface area contributed by atoms with Gasteiger partial charge in [-0.1, -0.05) is 0 Å². The van der Waals surface area contributed by atoms with Gasteiger partial charge in [0, 0.05) is 0 Å². The molecule has 22 heavy (non-hydrogen) atoms. The Morgan fingerprint density at radius 2 is 1.55 bits per heavy atom. The molecule has 0 aromatic heterocycles. The van der Waals surface area contributed by atoms with Crippen molar-refractivity contribution in [1.29, 1.82) is 0 Å². The number of hydrogen-bond acceptors (Lipinski definition) is 1. The Morgan fingerprint density at radius 3 is 2.05 bits per heavy atom. The molecule has 3 rings (SSSR count). The van der Waals surface area contributed by atoms with E-state index in [2.05, 4.69) is 50.0 Å². The Morgan fingerprint density at radius 1 is 0.955 bits per heavy atom. The van der Waals surface area contributed by atoms with Gasteiger partial charge in [0.2, 0.25) is 0 Å². The Bertz CT molecular complexity index is 498. The van der Waals surface area contributed by atoms with Crippen LogP contribution in [-0.4, -0.2) is 34.2 Å². The minimum absolute atomic E-state index is 0.0628. The van der Waals surface area contributed by atoms with E-state index in [0.717, 1.165) is 0 Å². The molecule has 122 valence electrons. The van der Waals surface area contributed by atoms with Crippen LogP contribution in [0.5, 0.6) is 0 Å². The molecule has 0 radical (unpaired) electrons. The van der Waals surface area contributed by atoms with Crippen LogP contribution in [0.2, 0.25) is 29.0 Å². The van der Waals surface area contributed by atoms with Gasteiger partial charge >= 0.3 is 143 Å². The normalized spacial score (nSPS) is 24.7. The van der Waals surface area contributed by atoms with Crippen molar-refractivity contribution in [2.24, 2.45) is 0 Å². The van der Waals surface area contributed by atoms with Crippen LogP contribution in [0.15, 0.2) is 30.3 Å². The van der Waals surface area contributed by atoms with E-state index in [4.69, 9.17) is 0 Å². The molecule has 0 heterocycles. The zero-order valence-electron chi connectivity index (χ0n) is 14.3. The molecule has 0 spiro atoms. The van der Waals surface area contributed by atoms with Crippen LogP contribution in [0, 0.1) is 0 Å². The van der Waals surface area contributed by atoms with Crippen molar-refractivity contribution in [3.8, 4) is 0 Å². The zero-order chi connectivity index (χ0) is 15.8. The number of aliphatic hydroxyl groups is 1. The molecule has 0 aliphatic heterocycles. The fraction of sp³-hybridized carbons (Fsp3) is 0.684. The van der Waals surface area contributed by atoms with E-state index in [-0.39, 0.29) is 10.4 Å². The molecule has 0 amide bonds. The molecule has 2 aliphatic rings. The quantitative estimate of drug-likeness (QED) is 0.751. The van der Waals surface area contributed by atoms with E-state index in [1.54, 1.807) is 0 Å². The van der Waals surface area contributed by atoms with Gasteiger partial charge in [-0.15, -0.1) is 0 Å². The first-order valence-corrected chi connectivity index (χ1v) is 14.0. The van der Waals surface area contributed by atoms with Crippen molar-refractivity contribution in [2.75, 3.05) is 0 Å². The first kappa shape index (κ1) is 16.8. The Hall–Kier alpha value is -0.0836. The summed E-state index contributed by atoms with van der Waals surface area (Å²) >= 11 is 0.392. The van der Waals surface area contributed by atoms with Crippen LogP contribution in [-0.2, 0) is 0 Å². The predicted molar refractivity (Wildman–Crippen MR) is 98.9 cm³/mol. The monoisotopic (exact) mass is 382 g/mol. The van der Waals surface area contributed by atoms with Gasteiger partial charge in [0.05, 0.1) is 0 Å². The fourth-order valence-electron chi connectivity index (χ4n) is 4.38. The minimum atomic E-state index is -1.33. The van der Waals surface area contributed by atoms with E-state index in [1.165, 1.54) is 49.4 Å². The van der Waals surface area contributed by atoms with Gasteiger partial charge in [0.15, 0.2) is 0 Å². The maximum atomic E-state index is 11.6. The number of hydrogen-bond donors (Lipinski definition) is 1. The summed E-state index contributed by atoms with van der Waals surface area (Å²) in [5.41, 5.74) is 0. The zero-order valence-corrected chi connectivity index (χ0v) is 17.0. The molecule has 1 nitrogen and oxygen atoms in total. The third kappa shape index (κ3) is 2.98. The number of benzene rings is 1. The molecule has 0 saturated heterocycles. The van der Waals surface area contributed by atoms with Crippen molar-refractivity contribution in [3.63, 3.8) is 0 Å². The Kier molecular flexibility index (Phi) is 4.64. The Balaban J connectivity index is 1.89. The average molecular weight is 381 g/mol. The van der Waals surface area contributed by atoms with Crippen molar-refractivity contribution < 1.29 is 5.11 Å².